The molecule has 0 bridgehead atoms. The Kier molecular flexibility index (Phi) is 3.90. The molecule has 0 radical (unpaired) electrons. The second-order valence-electron chi connectivity index (χ2n) is 5.48. The first kappa shape index (κ1) is 15.4. The van der Waals surface area contributed by atoms with Crippen molar-refractivity contribution in [3.05, 3.63) is 57.7 Å². The van der Waals surface area contributed by atoms with E-state index < -0.39 is 0 Å². The number of carbonyl (C=O) groups is 1. The fraction of sp³-hybridized carbons (Fsp3) is 0.188. The van der Waals surface area contributed by atoms with Crippen LogP contribution in [0.25, 0.3) is 11.4 Å². The molecule has 1 aliphatic heterocycles. The van der Waals surface area contributed by atoms with Gasteiger partial charge in [0.2, 0.25) is 11.7 Å². The average Bonchev–Trinajstić information content (AvgIpc) is 3.15. The molecule has 3 heterocycles. The predicted molar refractivity (Wildman–Crippen MR) is 89.8 cm³/mol. The number of hydrogen-bond donors (Lipinski definition) is 0. The first-order chi connectivity index (χ1) is 11.6. The first-order valence-corrected chi connectivity index (χ1v) is 8.41. The van der Waals surface area contributed by atoms with Gasteiger partial charge in [-0.05, 0) is 40.2 Å². The van der Waals surface area contributed by atoms with Crippen LogP contribution in [0.1, 0.15) is 22.4 Å². The van der Waals surface area contributed by atoms with E-state index in [1.54, 1.807) is 29.2 Å². The summed E-state index contributed by atoms with van der Waals surface area (Å²) in [5.41, 5.74) is 0.796. The number of hydrogen-bond acceptors (Lipinski definition) is 5. The van der Waals surface area contributed by atoms with Crippen LogP contribution >= 0.6 is 27.5 Å². The van der Waals surface area contributed by atoms with Crippen LogP contribution in [0.4, 0.5) is 0 Å². The third kappa shape index (κ3) is 2.85. The van der Waals surface area contributed by atoms with E-state index >= 15 is 0 Å². The van der Waals surface area contributed by atoms with Crippen LogP contribution in [0.5, 0.6) is 0 Å². The lowest BCUT2D eigenvalue weighted by molar-refractivity contribution is 0.0535. The Labute approximate surface area is 150 Å². The number of furan rings is 1. The van der Waals surface area contributed by atoms with Crippen molar-refractivity contribution in [2.24, 2.45) is 0 Å². The summed E-state index contributed by atoms with van der Waals surface area (Å²) >= 11 is 9.16. The molecule has 1 aliphatic rings. The van der Waals surface area contributed by atoms with Crippen molar-refractivity contribution in [3.8, 4) is 11.4 Å². The minimum Gasteiger partial charge on any atom is -0.444 e. The second-order valence-corrected chi connectivity index (χ2v) is 6.70. The van der Waals surface area contributed by atoms with Gasteiger partial charge in [-0.2, -0.15) is 4.98 Å². The molecule has 0 N–H and O–H groups in total. The molecule has 0 spiro atoms. The molecule has 0 atom stereocenters. The topological polar surface area (TPSA) is 72.4 Å². The van der Waals surface area contributed by atoms with Crippen LogP contribution in [-0.2, 0) is 0 Å². The number of likely N-dealkylation sites (tertiary alicyclic amines) is 1. The minimum atomic E-state index is -0.147. The van der Waals surface area contributed by atoms with Gasteiger partial charge in [-0.3, -0.25) is 4.79 Å². The molecule has 2 aromatic heterocycles. The summed E-state index contributed by atoms with van der Waals surface area (Å²) in [6.45, 7) is 1.04. The van der Waals surface area contributed by atoms with Gasteiger partial charge >= 0.3 is 0 Å². The second kappa shape index (κ2) is 6.07. The number of amides is 1. The fourth-order valence-electron chi connectivity index (χ4n) is 2.53. The van der Waals surface area contributed by atoms with Gasteiger partial charge in [-0.25, -0.2) is 0 Å². The van der Waals surface area contributed by atoms with E-state index in [-0.39, 0.29) is 11.8 Å². The molecular formula is C16H11BrClN3O3. The maximum absolute atomic E-state index is 12.2. The van der Waals surface area contributed by atoms with Crippen LogP contribution in [0.2, 0.25) is 5.02 Å². The van der Waals surface area contributed by atoms with E-state index in [2.05, 4.69) is 26.1 Å². The Bertz CT molecular complexity index is 901. The SMILES string of the molecule is O=C(c1ccc(Br)o1)N1CC(c2nc(-c3cccc(Cl)c3)no2)C1. The lowest BCUT2D eigenvalue weighted by atomic mass is 10.00. The number of nitrogens with zero attached hydrogens (tertiary/aromatic N) is 3. The first-order valence-electron chi connectivity index (χ1n) is 7.24. The molecule has 3 aromatic rings. The fourth-order valence-corrected chi connectivity index (χ4v) is 3.03. The van der Waals surface area contributed by atoms with Crippen LogP contribution in [-0.4, -0.2) is 34.0 Å². The maximum atomic E-state index is 12.2. The van der Waals surface area contributed by atoms with Crippen LogP contribution in [0.15, 0.2) is 50.0 Å². The van der Waals surface area contributed by atoms with Crippen molar-refractivity contribution in [2.45, 2.75) is 5.92 Å². The standard InChI is InChI=1S/C16H11BrClN3O3/c17-13-5-4-12(23-13)16(22)21-7-10(8-21)15-19-14(20-24-15)9-2-1-3-11(18)6-9/h1-6,10H,7-8H2. The largest absolute Gasteiger partial charge is 0.444 e. The van der Waals surface area contributed by atoms with Gasteiger partial charge in [0.15, 0.2) is 10.4 Å². The predicted octanol–water partition coefficient (Wildman–Crippen LogP) is 3.99. The molecule has 0 aliphatic carbocycles. The van der Waals surface area contributed by atoms with E-state index in [0.29, 0.717) is 40.3 Å². The quantitative estimate of drug-likeness (QED) is 0.655. The van der Waals surface area contributed by atoms with Crippen molar-refractivity contribution < 1.29 is 13.7 Å². The number of carbonyl (C=O) groups excluding carboxylic acids is 1. The van der Waals surface area contributed by atoms with Gasteiger partial charge in [0.05, 0.1) is 5.92 Å². The summed E-state index contributed by atoms with van der Waals surface area (Å²) in [7, 11) is 0. The number of benzene rings is 1. The van der Waals surface area contributed by atoms with Crippen molar-refractivity contribution >= 4 is 33.4 Å². The van der Waals surface area contributed by atoms with Gasteiger partial charge in [-0.15, -0.1) is 0 Å². The molecule has 8 heteroatoms. The molecule has 122 valence electrons. The molecule has 0 unspecified atom stereocenters. The Hall–Kier alpha value is -2.12. The van der Waals surface area contributed by atoms with Crippen LogP contribution in [0.3, 0.4) is 0 Å². The number of halogens is 2. The third-order valence-corrected chi connectivity index (χ3v) is 4.49. The van der Waals surface area contributed by atoms with E-state index in [1.165, 1.54) is 0 Å². The molecule has 1 amide bonds. The average molecular weight is 409 g/mol. The van der Waals surface area contributed by atoms with Gasteiger partial charge in [0.25, 0.3) is 5.91 Å². The molecule has 1 aromatic carbocycles. The number of aromatic nitrogens is 2. The van der Waals surface area contributed by atoms with Gasteiger partial charge in [0.1, 0.15) is 0 Å². The Morgan fingerprint density at radius 3 is 2.83 bits per heavy atom. The normalized spacial score (nSPS) is 14.7. The Morgan fingerprint density at radius 1 is 1.29 bits per heavy atom. The zero-order valence-corrected chi connectivity index (χ0v) is 14.6. The molecule has 24 heavy (non-hydrogen) atoms. The highest BCUT2D eigenvalue weighted by Crippen LogP contribution is 2.30. The maximum Gasteiger partial charge on any atom is 0.289 e. The number of rotatable bonds is 3. The van der Waals surface area contributed by atoms with Crippen molar-refractivity contribution in [3.63, 3.8) is 0 Å². The Morgan fingerprint density at radius 2 is 2.12 bits per heavy atom. The minimum absolute atomic E-state index is 0.0350. The monoisotopic (exact) mass is 407 g/mol. The highest BCUT2D eigenvalue weighted by atomic mass is 79.9. The molecule has 0 saturated carbocycles. The van der Waals surface area contributed by atoms with Gasteiger partial charge in [-0.1, -0.05) is 28.9 Å². The lowest BCUT2D eigenvalue weighted by Gasteiger charge is -2.36. The highest BCUT2D eigenvalue weighted by Gasteiger charge is 2.37. The summed E-state index contributed by atoms with van der Waals surface area (Å²) in [5.74, 6) is 1.21. The molecular weight excluding hydrogens is 398 g/mol. The van der Waals surface area contributed by atoms with Gasteiger partial charge < -0.3 is 13.8 Å². The van der Waals surface area contributed by atoms with Crippen LogP contribution in [0, 0.1) is 0 Å². The summed E-state index contributed by atoms with van der Waals surface area (Å²) < 4.78 is 11.1. The van der Waals surface area contributed by atoms with Crippen molar-refractivity contribution in [1.29, 1.82) is 0 Å². The zero-order valence-electron chi connectivity index (χ0n) is 12.3. The highest BCUT2D eigenvalue weighted by molar-refractivity contribution is 9.10. The van der Waals surface area contributed by atoms with E-state index in [1.807, 2.05) is 12.1 Å². The van der Waals surface area contributed by atoms with Gasteiger partial charge in [0, 0.05) is 23.7 Å². The molecule has 1 saturated heterocycles. The molecule has 1 fully saturated rings. The zero-order chi connectivity index (χ0) is 16.7. The summed E-state index contributed by atoms with van der Waals surface area (Å²) in [4.78, 5) is 18.3. The van der Waals surface area contributed by atoms with E-state index in [0.717, 1.165) is 5.56 Å². The third-order valence-electron chi connectivity index (χ3n) is 3.83. The molecule has 4 rings (SSSR count). The summed E-state index contributed by atoms with van der Waals surface area (Å²) in [5, 5.41) is 4.60. The summed E-state index contributed by atoms with van der Waals surface area (Å²) in [6.07, 6.45) is 0. The van der Waals surface area contributed by atoms with Crippen molar-refractivity contribution in [2.75, 3.05) is 13.1 Å². The van der Waals surface area contributed by atoms with E-state index in [4.69, 9.17) is 20.5 Å². The summed E-state index contributed by atoms with van der Waals surface area (Å²) in [6, 6.07) is 10.6. The molecule has 6 nitrogen and oxygen atoms in total. The van der Waals surface area contributed by atoms with Crippen molar-refractivity contribution in [1.82, 2.24) is 15.0 Å². The Balaban J connectivity index is 1.43. The smallest absolute Gasteiger partial charge is 0.289 e. The van der Waals surface area contributed by atoms with E-state index in [9.17, 15) is 4.79 Å². The lowest BCUT2D eigenvalue weighted by Crippen LogP contribution is -2.48. The van der Waals surface area contributed by atoms with Crippen LogP contribution < -0.4 is 0 Å².